The number of fused-ring (bicyclic) bond motifs is 5. The number of nitrogens with zero attached hydrogens (tertiary/aromatic N) is 1. The largest absolute Gasteiger partial charge is 0.333 e. The highest BCUT2D eigenvalue weighted by molar-refractivity contribution is 6.27. The molecular weight excluding hydrogens is 747 g/mol. The van der Waals surface area contributed by atoms with E-state index in [1.807, 2.05) is 0 Å². The standard InChI is InChI=1S/C61H41N/c1-4-16-40(17-5-1)47-22-10-11-23-49(47)50-37-31-43-32-38-51-48(36-30-42-33-39-52(50)58(43)57(42)51)41-28-34-46(35-29-41)62-56-27-15-13-25-54(56)59-60(62)53-24-12-14-26-55(53)61(59,44-18-6-2-7-19-44)45-20-8-3-9-21-45/h1-39,59-60H. The van der Waals surface area contributed by atoms with Crippen molar-refractivity contribution in [2.75, 3.05) is 4.90 Å². The lowest BCUT2D eigenvalue weighted by atomic mass is 9.63. The van der Waals surface area contributed by atoms with Crippen LogP contribution in [0, 0.1) is 0 Å². The first-order chi connectivity index (χ1) is 30.8. The summed E-state index contributed by atoms with van der Waals surface area (Å²) in [5.41, 5.74) is 16.5. The van der Waals surface area contributed by atoms with Crippen LogP contribution in [0.5, 0.6) is 0 Å². The molecule has 1 nitrogen and oxygen atoms in total. The molecular formula is C61H41N. The van der Waals surface area contributed by atoms with E-state index in [2.05, 4.69) is 241 Å². The Hall–Kier alpha value is -7.74. The summed E-state index contributed by atoms with van der Waals surface area (Å²) in [6, 6.07) is 88.5. The van der Waals surface area contributed by atoms with Crippen molar-refractivity contribution < 1.29 is 0 Å². The molecule has 1 heteroatoms. The fourth-order valence-corrected chi connectivity index (χ4v) is 11.7. The maximum absolute atomic E-state index is 2.63. The average Bonchev–Trinajstić information content (AvgIpc) is 3.85. The van der Waals surface area contributed by atoms with E-state index in [0.29, 0.717) is 0 Å². The number of anilines is 2. The number of hydrogen-bond acceptors (Lipinski definition) is 1. The first-order valence-corrected chi connectivity index (χ1v) is 21.8. The van der Waals surface area contributed by atoms with E-state index >= 15 is 0 Å². The van der Waals surface area contributed by atoms with Gasteiger partial charge in [0.1, 0.15) is 0 Å². The zero-order valence-corrected chi connectivity index (χ0v) is 34.1. The minimum absolute atomic E-state index is 0.116. The van der Waals surface area contributed by atoms with Crippen LogP contribution in [0.25, 0.3) is 65.7 Å². The van der Waals surface area contributed by atoms with Gasteiger partial charge in [-0.1, -0.05) is 218 Å². The lowest BCUT2D eigenvalue weighted by Gasteiger charge is -2.38. The predicted molar refractivity (Wildman–Crippen MR) is 260 cm³/mol. The van der Waals surface area contributed by atoms with Gasteiger partial charge < -0.3 is 4.90 Å². The Morgan fingerprint density at radius 1 is 0.339 bits per heavy atom. The van der Waals surface area contributed by atoms with Gasteiger partial charge in [-0.3, -0.25) is 0 Å². The smallest absolute Gasteiger partial charge is 0.0679 e. The van der Waals surface area contributed by atoms with Crippen LogP contribution in [0.4, 0.5) is 11.4 Å². The van der Waals surface area contributed by atoms with Crippen molar-refractivity contribution in [3.63, 3.8) is 0 Å². The maximum atomic E-state index is 2.63. The van der Waals surface area contributed by atoms with Gasteiger partial charge in [-0.05, 0) is 112 Å². The minimum Gasteiger partial charge on any atom is -0.333 e. The summed E-state index contributed by atoms with van der Waals surface area (Å²) in [6.45, 7) is 0. The second kappa shape index (κ2) is 13.6. The normalized spacial score (nSPS) is 16.2. The SMILES string of the molecule is c1ccc(-c2ccccc2-c2ccc3ccc4c(-c5ccc(N6c7ccccc7C7C6c6ccccc6C7(c6ccccc6)c6ccccc6)cc5)ccc5ccc2c3c54)cc1. The van der Waals surface area contributed by atoms with Crippen LogP contribution < -0.4 is 4.90 Å². The van der Waals surface area contributed by atoms with Crippen LogP contribution >= 0.6 is 0 Å². The van der Waals surface area contributed by atoms with Crippen molar-refractivity contribution >= 4 is 43.7 Å². The molecule has 0 N–H and O–H groups in total. The van der Waals surface area contributed by atoms with Crippen LogP contribution in [-0.2, 0) is 5.41 Å². The van der Waals surface area contributed by atoms with Gasteiger partial charge in [0, 0.05) is 17.3 Å². The highest BCUT2D eigenvalue weighted by atomic mass is 15.2. The highest BCUT2D eigenvalue weighted by Gasteiger charge is 2.60. The highest BCUT2D eigenvalue weighted by Crippen LogP contribution is 2.68. The molecule has 0 radical (unpaired) electrons. The van der Waals surface area contributed by atoms with Crippen LogP contribution in [-0.4, -0.2) is 0 Å². The predicted octanol–water partition coefficient (Wildman–Crippen LogP) is 15.9. The molecule has 11 aromatic carbocycles. The molecule has 0 bridgehead atoms. The average molecular weight is 788 g/mol. The summed E-state index contributed by atoms with van der Waals surface area (Å²) < 4.78 is 0. The third kappa shape index (κ3) is 4.91. The molecule has 0 spiro atoms. The lowest BCUT2D eigenvalue weighted by molar-refractivity contribution is 0.482. The van der Waals surface area contributed by atoms with Gasteiger partial charge in [0.05, 0.1) is 11.5 Å². The van der Waals surface area contributed by atoms with Gasteiger partial charge >= 0.3 is 0 Å². The fourth-order valence-electron chi connectivity index (χ4n) is 11.7. The van der Waals surface area contributed by atoms with Crippen molar-refractivity contribution in [3.8, 4) is 33.4 Å². The Morgan fingerprint density at radius 2 is 0.839 bits per heavy atom. The van der Waals surface area contributed by atoms with Gasteiger partial charge in [0.15, 0.2) is 0 Å². The Balaban J connectivity index is 0.952. The van der Waals surface area contributed by atoms with Crippen molar-refractivity contribution in [2.24, 2.45) is 0 Å². The monoisotopic (exact) mass is 787 g/mol. The summed E-state index contributed by atoms with van der Waals surface area (Å²) in [6.07, 6.45) is 0. The Kier molecular flexibility index (Phi) is 7.71. The molecule has 0 amide bonds. The molecule has 2 aliphatic rings. The Bertz CT molecular complexity index is 3420. The summed E-state index contributed by atoms with van der Waals surface area (Å²) in [4.78, 5) is 2.63. The van der Waals surface area contributed by atoms with Gasteiger partial charge in [0.25, 0.3) is 0 Å². The van der Waals surface area contributed by atoms with Crippen LogP contribution in [0.1, 0.15) is 39.8 Å². The second-order valence-electron chi connectivity index (χ2n) is 17.1. The Labute approximate surface area is 362 Å². The van der Waals surface area contributed by atoms with Gasteiger partial charge in [-0.15, -0.1) is 0 Å². The third-order valence-electron chi connectivity index (χ3n) is 14.2. The fraction of sp³-hybridized carbons (Fsp3) is 0.0492. The molecule has 1 aliphatic heterocycles. The van der Waals surface area contributed by atoms with Crippen molar-refractivity contribution in [1.29, 1.82) is 0 Å². The van der Waals surface area contributed by atoms with E-state index < -0.39 is 0 Å². The first-order valence-electron chi connectivity index (χ1n) is 21.8. The van der Waals surface area contributed by atoms with E-state index in [4.69, 9.17) is 0 Å². The number of rotatable bonds is 6. The molecule has 13 rings (SSSR count). The van der Waals surface area contributed by atoms with E-state index in [1.165, 1.54) is 105 Å². The lowest BCUT2D eigenvalue weighted by Crippen LogP contribution is -2.34. The first kappa shape index (κ1) is 35.1. The molecule has 2 unspecified atom stereocenters. The molecule has 1 heterocycles. The molecule has 2 atom stereocenters. The minimum atomic E-state index is -0.361. The van der Waals surface area contributed by atoms with Crippen molar-refractivity contribution in [1.82, 2.24) is 0 Å². The van der Waals surface area contributed by atoms with E-state index in [1.54, 1.807) is 0 Å². The molecule has 0 saturated heterocycles. The maximum Gasteiger partial charge on any atom is 0.0679 e. The topological polar surface area (TPSA) is 3.24 Å². The van der Waals surface area contributed by atoms with E-state index in [0.717, 1.165) is 0 Å². The van der Waals surface area contributed by atoms with Crippen LogP contribution in [0.15, 0.2) is 237 Å². The summed E-state index contributed by atoms with van der Waals surface area (Å²) in [7, 11) is 0. The summed E-state index contributed by atoms with van der Waals surface area (Å²) in [5.74, 6) is 0.169. The molecule has 0 fully saturated rings. The number of hydrogen-bond donors (Lipinski definition) is 0. The summed E-state index contributed by atoms with van der Waals surface area (Å²) >= 11 is 0. The van der Waals surface area contributed by atoms with Gasteiger partial charge in [-0.2, -0.15) is 0 Å². The zero-order valence-electron chi connectivity index (χ0n) is 34.1. The quantitative estimate of drug-likeness (QED) is 0.152. The Morgan fingerprint density at radius 3 is 1.52 bits per heavy atom. The van der Waals surface area contributed by atoms with Crippen LogP contribution in [0.2, 0.25) is 0 Å². The van der Waals surface area contributed by atoms with E-state index in [9.17, 15) is 0 Å². The van der Waals surface area contributed by atoms with E-state index in [-0.39, 0.29) is 17.4 Å². The van der Waals surface area contributed by atoms with Crippen LogP contribution in [0.3, 0.4) is 0 Å². The van der Waals surface area contributed by atoms with Gasteiger partial charge in [-0.25, -0.2) is 0 Å². The van der Waals surface area contributed by atoms with Crippen molar-refractivity contribution in [3.05, 3.63) is 264 Å². The second-order valence-corrected chi connectivity index (χ2v) is 17.1. The van der Waals surface area contributed by atoms with Crippen molar-refractivity contribution in [2.45, 2.75) is 17.4 Å². The third-order valence-corrected chi connectivity index (χ3v) is 14.2. The molecule has 290 valence electrons. The van der Waals surface area contributed by atoms with Gasteiger partial charge in [0.2, 0.25) is 0 Å². The molecule has 0 saturated carbocycles. The molecule has 0 aromatic heterocycles. The molecule has 62 heavy (non-hydrogen) atoms. The molecule has 11 aromatic rings. The summed E-state index contributed by atoms with van der Waals surface area (Å²) in [5, 5.41) is 7.78. The number of para-hydroxylation sites is 1. The number of benzene rings is 11. The zero-order chi connectivity index (χ0) is 40.8. The molecule has 1 aliphatic carbocycles.